The molecular formula is C15H23N5O2. The zero-order chi connectivity index (χ0) is 15.7. The van der Waals surface area contributed by atoms with Crippen molar-refractivity contribution in [2.75, 3.05) is 26.2 Å². The van der Waals surface area contributed by atoms with Crippen LogP contribution in [0, 0.1) is 6.92 Å². The summed E-state index contributed by atoms with van der Waals surface area (Å²) < 4.78 is 0. The van der Waals surface area contributed by atoms with Crippen LogP contribution in [0.1, 0.15) is 35.8 Å². The van der Waals surface area contributed by atoms with E-state index >= 15 is 0 Å². The molecule has 1 atom stereocenters. The van der Waals surface area contributed by atoms with Crippen LogP contribution in [0.2, 0.25) is 0 Å². The molecular weight excluding hydrogens is 282 g/mol. The van der Waals surface area contributed by atoms with Crippen LogP contribution >= 0.6 is 0 Å². The number of carbonyl (C=O) groups is 2. The minimum absolute atomic E-state index is 0.00230. The Morgan fingerprint density at radius 3 is 2.91 bits per heavy atom. The molecule has 0 radical (unpaired) electrons. The molecule has 2 aliphatic heterocycles. The number of amides is 2. The van der Waals surface area contributed by atoms with Crippen LogP contribution in [0.4, 0.5) is 0 Å². The minimum Gasteiger partial charge on any atom is -0.347 e. The molecule has 0 aromatic carbocycles. The number of H-pyrrole nitrogens is 1. The zero-order valence-corrected chi connectivity index (χ0v) is 13.1. The highest BCUT2D eigenvalue weighted by Crippen LogP contribution is 2.22. The highest BCUT2D eigenvalue weighted by Gasteiger charge is 2.39. The van der Waals surface area contributed by atoms with Gasteiger partial charge in [0.15, 0.2) is 0 Å². The summed E-state index contributed by atoms with van der Waals surface area (Å²) in [5.41, 5.74) is 1.36. The van der Waals surface area contributed by atoms with Crippen molar-refractivity contribution < 1.29 is 9.59 Å². The van der Waals surface area contributed by atoms with Gasteiger partial charge in [-0.25, -0.2) is 0 Å². The maximum Gasteiger partial charge on any atom is 0.255 e. The summed E-state index contributed by atoms with van der Waals surface area (Å²) in [5.74, 6) is 0.144. The Hall–Kier alpha value is -1.89. The van der Waals surface area contributed by atoms with Gasteiger partial charge in [0.05, 0.1) is 23.8 Å². The summed E-state index contributed by atoms with van der Waals surface area (Å²) in [5, 5.41) is 9.63. The van der Waals surface area contributed by atoms with Crippen LogP contribution in [0.5, 0.6) is 0 Å². The molecule has 2 aliphatic rings. The van der Waals surface area contributed by atoms with Crippen molar-refractivity contribution in [1.82, 2.24) is 25.3 Å². The van der Waals surface area contributed by atoms with E-state index in [0.717, 1.165) is 44.7 Å². The molecule has 7 nitrogen and oxygen atoms in total. The molecule has 2 fully saturated rings. The lowest BCUT2D eigenvalue weighted by Crippen LogP contribution is -2.66. The number of hydrogen-bond donors (Lipinski definition) is 2. The largest absolute Gasteiger partial charge is 0.347 e. The third kappa shape index (κ3) is 2.72. The molecule has 1 aromatic rings. The molecule has 2 amide bonds. The monoisotopic (exact) mass is 305 g/mol. The number of nitrogens with zero attached hydrogens (tertiary/aromatic N) is 3. The number of aromatic amines is 1. The van der Waals surface area contributed by atoms with Crippen LogP contribution < -0.4 is 5.32 Å². The lowest BCUT2D eigenvalue weighted by molar-refractivity contribution is -0.142. The topological polar surface area (TPSA) is 81.3 Å². The van der Waals surface area contributed by atoms with Gasteiger partial charge in [0.1, 0.15) is 0 Å². The number of carbonyl (C=O) groups excluding carboxylic acids is 2. The third-order valence-corrected chi connectivity index (χ3v) is 4.64. The second kappa shape index (κ2) is 6.08. The van der Waals surface area contributed by atoms with Gasteiger partial charge in [-0.05, 0) is 26.7 Å². The number of likely N-dealkylation sites (N-methyl/N-ethyl adjacent to an activating group) is 1. The maximum absolute atomic E-state index is 12.3. The molecule has 1 unspecified atom stereocenters. The number of rotatable bonds is 4. The van der Waals surface area contributed by atoms with Crippen LogP contribution in [0.25, 0.3) is 0 Å². The van der Waals surface area contributed by atoms with Crippen molar-refractivity contribution in [2.24, 2.45) is 0 Å². The molecule has 1 aromatic heterocycles. The van der Waals surface area contributed by atoms with E-state index in [1.54, 1.807) is 6.20 Å². The molecule has 22 heavy (non-hydrogen) atoms. The zero-order valence-electron chi connectivity index (χ0n) is 13.1. The lowest BCUT2D eigenvalue weighted by Gasteiger charge is -2.46. The Labute approximate surface area is 130 Å². The van der Waals surface area contributed by atoms with E-state index in [0.29, 0.717) is 5.56 Å². The molecule has 120 valence electrons. The second-order valence-corrected chi connectivity index (χ2v) is 6.11. The van der Waals surface area contributed by atoms with E-state index in [9.17, 15) is 9.59 Å². The van der Waals surface area contributed by atoms with Gasteiger partial charge < -0.3 is 10.2 Å². The van der Waals surface area contributed by atoms with Gasteiger partial charge in [-0.1, -0.05) is 0 Å². The Kier molecular flexibility index (Phi) is 4.15. The van der Waals surface area contributed by atoms with Crippen molar-refractivity contribution in [3.8, 4) is 0 Å². The molecule has 7 heteroatoms. The highest BCUT2D eigenvalue weighted by atomic mass is 16.2. The van der Waals surface area contributed by atoms with E-state index in [-0.39, 0.29) is 23.9 Å². The van der Waals surface area contributed by atoms with Crippen molar-refractivity contribution in [3.05, 3.63) is 17.5 Å². The Balaban J connectivity index is 1.51. The number of aromatic nitrogens is 2. The highest BCUT2D eigenvalue weighted by molar-refractivity contribution is 5.95. The first-order chi connectivity index (χ1) is 10.6. The first-order valence-corrected chi connectivity index (χ1v) is 7.93. The maximum atomic E-state index is 12.3. The van der Waals surface area contributed by atoms with E-state index in [1.165, 1.54) is 0 Å². The molecule has 3 rings (SSSR count). The van der Waals surface area contributed by atoms with Crippen molar-refractivity contribution >= 4 is 11.8 Å². The number of hydrogen-bond acceptors (Lipinski definition) is 4. The molecule has 0 saturated carbocycles. The van der Waals surface area contributed by atoms with E-state index < -0.39 is 0 Å². The van der Waals surface area contributed by atoms with E-state index in [1.807, 2.05) is 18.7 Å². The summed E-state index contributed by atoms with van der Waals surface area (Å²) >= 11 is 0. The van der Waals surface area contributed by atoms with Crippen molar-refractivity contribution in [1.29, 1.82) is 0 Å². The summed E-state index contributed by atoms with van der Waals surface area (Å²) in [6, 6.07) is 0.115. The van der Waals surface area contributed by atoms with Crippen molar-refractivity contribution in [2.45, 2.75) is 38.8 Å². The van der Waals surface area contributed by atoms with Crippen molar-refractivity contribution in [3.63, 3.8) is 0 Å². The van der Waals surface area contributed by atoms with Gasteiger partial charge in [-0.3, -0.25) is 19.6 Å². The number of aryl methyl sites for hydroxylation is 1. The van der Waals surface area contributed by atoms with Crippen LogP contribution in [-0.4, -0.2) is 70.1 Å². The summed E-state index contributed by atoms with van der Waals surface area (Å²) in [7, 11) is 0. The number of nitrogens with one attached hydrogen (secondary N) is 2. The first-order valence-electron chi connectivity index (χ1n) is 7.93. The van der Waals surface area contributed by atoms with E-state index in [2.05, 4.69) is 20.4 Å². The Morgan fingerprint density at radius 1 is 1.50 bits per heavy atom. The van der Waals surface area contributed by atoms with Gasteiger partial charge in [-0.2, -0.15) is 5.10 Å². The van der Waals surface area contributed by atoms with E-state index in [4.69, 9.17) is 0 Å². The van der Waals surface area contributed by atoms with Gasteiger partial charge in [0.25, 0.3) is 5.91 Å². The fraction of sp³-hybridized carbons (Fsp3) is 0.667. The standard InChI is InChI=1S/C15H23N5O2/c1-3-19-6-4-5-13(15(19)22)20-8-11(9-20)17-14(21)12-7-16-18-10(12)2/h7,11,13H,3-6,8-9H2,1-2H3,(H,16,18)(H,17,21). The third-order valence-electron chi connectivity index (χ3n) is 4.64. The fourth-order valence-corrected chi connectivity index (χ4v) is 3.27. The normalized spacial score (nSPS) is 23.5. The molecule has 0 aliphatic carbocycles. The fourth-order valence-electron chi connectivity index (χ4n) is 3.27. The smallest absolute Gasteiger partial charge is 0.255 e. The quantitative estimate of drug-likeness (QED) is 0.829. The van der Waals surface area contributed by atoms with Gasteiger partial charge in [0.2, 0.25) is 5.91 Å². The summed E-state index contributed by atoms with van der Waals surface area (Å²) in [4.78, 5) is 28.5. The second-order valence-electron chi connectivity index (χ2n) is 6.11. The number of likely N-dealkylation sites (tertiary alicyclic amines) is 2. The van der Waals surface area contributed by atoms with Crippen LogP contribution in [0.15, 0.2) is 6.20 Å². The SMILES string of the molecule is CCN1CCCC(N2CC(NC(=O)c3cn[nH]c3C)C2)C1=O. The molecule has 0 spiro atoms. The predicted molar refractivity (Wildman–Crippen MR) is 81.4 cm³/mol. The molecule has 2 N–H and O–H groups in total. The predicted octanol–water partition coefficient (Wildman–Crippen LogP) is 0.143. The Bertz CT molecular complexity index is 564. The first kappa shape index (κ1) is 15.0. The summed E-state index contributed by atoms with van der Waals surface area (Å²) in [6.07, 6.45) is 3.54. The van der Waals surface area contributed by atoms with Crippen LogP contribution in [-0.2, 0) is 4.79 Å². The molecule has 3 heterocycles. The Morgan fingerprint density at radius 2 is 2.27 bits per heavy atom. The van der Waals surface area contributed by atoms with Crippen LogP contribution in [0.3, 0.4) is 0 Å². The summed E-state index contributed by atoms with van der Waals surface area (Å²) in [6.45, 7) is 7.00. The molecule has 2 saturated heterocycles. The van der Waals surface area contributed by atoms with Gasteiger partial charge in [-0.15, -0.1) is 0 Å². The van der Waals surface area contributed by atoms with Gasteiger partial charge >= 0.3 is 0 Å². The van der Waals surface area contributed by atoms with Gasteiger partial charge in [0, 0.05) is 31.9 Å². The average molecular weight is 305 g/mol. The molecule has 0 bridgehead atoms. The minimum atomic E-state index is -0.0962. The lowest BCUT2D eigenvalue weighted by atomic mass is 9.97. The average Bonchev–Trinajstić information content (AvgIpc) is 2.89. The number of piperidine rings is 1.